The molecule has 0 saturated heterocycles. The monoisotopic (exact) mass is 284 g/mol. The molecule has 1 fully saturated rings. The highest BCUT2D eigenvalue weighted by molar-refractivity contribution is 5.85. The van der Waals surface area contributed by atoms with Crippen LogP contribution in [-0.2, 0) is 4.79 Å². The predicted molar refractivity (Wildman–Crippen MR) is 70.1 cm³/mol. The third kappa shape index (κ3) is 7.11. The lowest BCUT2D eigenvalue weighted by Gasteiger charge is -2.21. The van der Waals surface area contributed by atoms with Crippen molar-refractivity contribution in [3.8, 4) is 0 Å². The number of nitrogens with one attached hydrogen (secondary N) is 1. The van der Waals surface area contributed by atoms with Gasteiger partial charge in [0.2, 0.25) is 5.91 Å². The minimum absolute atomic E-state index is 0. The van der Waals surface area contributed by atoms with E-state index in [1.165, 1.54) is 32.1 Å². The van der Waals surface area contributed by atoms with E-state index in [2.05, 4.69) is 5.32 Å². The van der Waals surface area contributed by atoms with Gasteiger partial charge < -0.3 is 11.1 Å². The van der Waals surface area contributed by atoms with Crippen LogP contribution in [0, 0.1) is 5.92 Å². The minimum Gasteiger partial charge on any atom is -0.350 e. The second-order valence-corrected chi connectivity index (χ2v) is 4.88. The topological polar surface area (TPSA) is 55.1 Å². The average Bonchev–Trinajstić information content (AvgIpc) is 2.35. The first-order chi connectivity index (χ1) is 8.03. The molecule has 0 radical (unpaired) electrons. The maximum Gasteiger partial charge on any atom is 0.277 e. The summed E-state index contributed by atoms with van der Waals surface area (Å²) in [6.45, 7) is -1.37. The molecule has 0 aromatic heterocycles. The van der Waals surface area contributed by atoms with Crippen molar-refractivity contribution in [2.45, 2.75) is 50.9 Å². The summed E-state index contributed by atoms with van der Waals surface area (Å²) in [7, 11) is 0. The molecule has 0 atom stereocenters. The van der Waals surface area contributed by atoms with Crippen LogP contribution in [0.4, 0.5) is 8.78 Å². The van der Waals surface area contributed by atoms with Crippen LogP contribution in [-0.4, -0.2) is 24.9 Å². The summed E-state index contributed by atoms with van der Waals surface area (Å²) >= 11 is 0. The fourth-order valence-electron chi connectivity index (χ4n) is 2.20. The van der Waals surface area contributed by atoms with Crippen molar-refractivity contribution in [3.63, 3.8) is 0 Å². The van der Waals surface area contributed by atoms with Crippen molar-refractivity contribution >= 4 is 18.3 Å². The molecular formula is C12H23ClF2N2O. The molecule has 1 aliphatic carbocycles. The standard InChI is InChI=1S/C12H22F2N2O.ClH/c13-12(14,8-15)9-16-11(17)7-6-10-4-2-1-3-5-10;/h10H,1-9,15H2,(H,16,17);1H. The minimum atomic E-state index is -2.99. The molecule has 0 aliphatic heterocycles. The maximum atomic E-state index is 12.8. The molecule has 3 nitrogen and oxygen atoms in total. The summed E-state index contributed by atoms with van der Waals surface area (Å²) in [5.74, 6) is -2.67. The Hall–Kier alpha value is -0.420. The Kier molecular flexibility index (Phi) is 8.44. The number of nitrogens with two attached hydrogens (primary N) is 1. The van der Waals surface area contributed by atoms with Crippen LogP contribution in [0.1, 0.15) is 44.9 Å². The number of carbonyl (C=O) groups excluding carboxylic acids is 1. The molecule has 1 rings (SSSR count). The Morgan fingerprint density at radius 3 is 2.44 bits per heavy atom. The lowest BCUT2D eigenvalue weighted by Crippen LogP contribution is -2.41. The van der Waals surface area contributed by atoms with Crippen molar-refractivity contribution in [1.82, 2.24) is 5.32 Å². The molecule has 108 valence electrons. The van der Waals surface area contributed by atoms with Gasteiger partial charge in [0.15, 0.2) is 0 Å². The molecule has 0 unspecified atom stereocenters. The number of rotatable bonds is 6. The zero-order valence-electron chi connectivity index (χ0n) is 10.6. The van der Waals surface area contributed by atoms with Gasteiger partial charge in [0, 0.05) is 6.42 Å². The largest absolute Gasteiger partial charge is 0.350 e. The van der Waals surface area contributed by atoms with E-state index in [9.17, 15) is 13.6 Å². The van der Waals surface area contributed by atoms with Gasteiger partial charge >= 0.3 is 0 Å². The van der Waals surface area contributed by atoms with Crippen LogP contribution in [0.3, 0.4) is 0 Å². The van der Waals surface area contributed by atoms with Gasteiger partial charge in [0.05, 0.1) is 13.1 Å². The highest BCUT2D eigenvalue weighted by Crippen LogP contribution is 2.27. The van der Waals surface area contributed by atoms with Crippen LogP contribution in [0.2, 0.25) is 0 Å². The molecule has 18 heavy (non-hydrogen) atoms. The maximum absolute atomic E-state index is 12.8. The number of alkyl halides is 2. The number of amides is 1. The van der Waals surface area contributed by atoms with E-state index in [-0.39, 0.29) is 18.3 Å². The second-order valence-electron chi connectivity index (χ2n) is 4.88. The van der Waals surface area contributed by atoms with Crippen molar-refractivity contribution in [1.29, 1.82) is 0 Å². The third-order valence-corrected chi connectivity index (χ3v) is 3.35. The van der Waals surface area contributed by atoms with E-state index in [0.717, 1.165) is 6.42 Å². The lowest BCUT2D eigenvalue weighted by molar-refractivity contribution is -0.123. The highest BCUT2D eigenvalue weighted by Gasteiger charge is 2.27. The summed E-state index contributed by atoms with van der Waals surface area (Å²) < 4.78 is 25.5. The molecule has 1 aliphatic rings. The molecule has 1 amide bonds. The van der Waals surface area contributed by atoms with Gasteiger partial charge in [-0.3, -0.25) is 4.79 Å². The van der Waals surface area contributed by atoms with Gasteiger partial charge in [-0.2, -0.15) is 0 Å². The molecule has 6 heteroatoms. The Bertz CT molecular complexity index is 246. The molecule has 3 N–H and O–H groups in total. The molecule has 1 saturated carbocycles. The first-order valence-corrected chi connectivity index (χ1v) is 6.38. The van der Waals surface area contributed by atoms with Gasteiger partial charge in [-0.25, -0.2) is 8.78 Å². The number of hydrogen-bond acceptors (Lipinski definition) is 2. The van der Waals surface area contributed by atoms with Gasteiger partial charge in [-0.15, -0.1) is 12.4 Å². The average molecular weight is 285 g/mol. The van der Waals surface area contributed by atoms with Gasteiger partial charge in [-0.05, 0) is 12.3 Å². The summed E-state index contributed by atoms with van der Waals surface area (Å²) in [6.07, 6.45) is 7.27. The van der Waals surface area contributed by atoms with Crippen molar-refractivity contribution in [3.05, 3.63) is 0 Å². The van der Waals surface area contributed by atoms with Gasteiger partial charge in [0.25, 0.3) is 5.92 Å². The summed E-state index contributed by atoms with van der Waals surface area (Å²) in [5, 5.41) is 2.24. The molecule has 0 aromatic rings. The first kappa shape index (κ1) is 17.6. The normalized spacial score (nSPS) is 17.1. The van der Waals surface area contributed by atoms with Gasteiger partial charge in [0.1, 0.15) is 0 Å². The van der Waals surface area contributed by atoms with Crippen LogP contribution in [0.15, 0.2) is 0 Å². The number of carbonyl (C=O) groups is 1. The third-order valence-electron chi connectivity index (χ3n) is 3.35. The van der Waals surface area contributed by atoms with E-state index in [1.807, 2.05) is 0 Å². The van der Waals surface area contributed by atoms with E-state index in [1.54, 1.807) is 0 Å². The summed E-state index contributed by atoms with van der Waals surface area (Å²) in [5.41, 5.74) is 4.88. The van der Waals surface area contributed by atoms with Crippen molar-refractivity contribution in [2.75, 3.05) is 13.1 Å². The summed E-state index contributed by atoms with van der Waals surface area (Å²) in [6, 6.07) is 0. The van der Waals surface area contributed by atoms with Crippen molar-refractivity contribution in [2.24, 2.45) is 11.7 Å². The van der Waals surface area contributed by atoms with Crippen LogP contribution >= 0.6 is 12.4 Å². The van der Waals surface area contributed by atoms with Crippen LogP contribution < -0.4 is 11.1 Å². The molecular weight excluding hydrogens is 262 g/mol. The zero-order chi connectivity index (χ0) is 12.7. The summed E-state index contributed by atoms with van der Waals surface area (Å²) in [4.78, 5) is 11.4. The van der Waals surface area contributed by atoms with Crippen molar-refractivity contribution < 1.29 is 13.6 Å². The molecule has 0 aromatic carbocycles. The van der Waals surface area contributed by atoms with E-state index in [0.29, 0.717) is 12.3 Å². The molecule has 0 spiro atoms. The predicted octanol–water partition coefficient (Wildman–Crippen LogP) is 2.48. The lowest BCUT2D eigenvalue weighted by atomic mass is 9.86. The Morgan fingerprint density at radius 2 is 1.89 bits per heavy atom. The fourth-order valence-corrected chi connectivity index (χ4v) is 2.20. The Balaban J connectivity index is 0.00000289. The van der Waals surface area contributed by atoms with Gasteiger partial charge in [-0.1, -0.05) is 32.1 Å². The second kappa shape index (κ2) is 8.64. The van der Waals surface area contributed by atoms with E-state index >= 15 is 0 Å². The zero-order valence-corrected chi connectivity index (χ0v) is 11.4. The Morgan fingerprint density at radius 1 is 1.28 bits per heavy atom. The van der Waals surface area contributed by atoms with Crippen LogP contribution in [0.5, 0.6) is 0 Å². The SMILES string of the molecule is Cl.NCC(F)(F)CNC(=O)CCC1CCCCC1. The smallest absolute Gasteiger partial charge is 0.277 e. The first-order valence-electron chi connectivity index (χ1n) is 6.38. The van der Waals surface area contributed by atoms with Crippen LogP contribution in [0.25, 0.3) is 0 Å². The van der Waals surface area contributed by atoms with E-state index in [4.69, 9.17) is 5.73 Å². The highest BCUT2D eigenvalue weighted by atomic mass is 35.5. The molecule has 0 heterocycles. The Labute approximate surface area is 113 Å². The quantitative estimate of drug-likeness (QED) is 0.787. The number of halogens is 3. The fraction of sp³-hybridized carbons (Fsp3) is 0.917. The van der Waals surface area contributed by atoms with E-state index < -0.39 is 19.0 Å². The molecule has 0 bridgehead atoms. The number of hydrogen-bond donors (Lipinski definition) is 2.